The van der Waals surface area contributed by atoms with Crippen molar-refractivity contribution in [2.75, 3.05) is 0 Å². The molecular weight excluding hydrogens is 299 g/mol. The van der Waals surface area contributed by atoms with Crippen molar-refractivity contribution in [2.24, 2.45) is 0 Å². The molecule has 17 heavy (non-hydrogen) atoms. The molecule has 0 amide bonds. The van der Waals surface area contributed by atoms with Crippen LogP contribution >= 0.6 is 46.6 Å². The van der Waals surface area contributed by atoms with Gasteiger partial charge in [-0.2, -0.15) is 5.10 Å². The maximum Gasteiger partial charge on any atom is 0.151 e. The molecule has 0 fully saturated rings. The number of hydrogen-bond donors (Lipinski definition) is 0. The minimum atomic E-state index is 0.397. The third-order valence-electron chi connectivity index (χ3n) is 1.97. The summed E-state index contributed by atoms with van der Waals surface area (Å²) in [6.45, 7) is 0. The van der Waals surface area contributed by atoms with E-state index in [4.69, 9.17) is 34.8 Å². The van der Waals surface area contributed by atoms with E-state index in [1.54, 1.807) is 23.9 Å². The molecule has 0 radical (unpaired) electrons. The molecule has 0 atom stereocenters. The van der Waals surface area contributed by atoms with Gasteiger partial charge in [0.1, 0.15) is 0 Å². The first-order chi connectivity index (χ1) is 8.15. The lowest BCUT2D eigenvalue weighted by Crippen LogP contribution is -1.89. The van der Waals surface area contributed by atoms with Gasteiger partial charge in [-0.05, 0) is 30.3 Å². The van der Waals surface area contributed by atoms with Crippen molar-refractivity contribution in [1.82, 2.24) is 10.2 Å². The predicted molar refractivity (Wildman–Crippen MR) is 73.1 cm³/mol. The van der Waals surface area contributed by atoms with Crippen LogP contribution < -0.4 is 0 Å². The number of halogens is 3. The average molecular weight is 306 g/mol. The Balaban J connectivity index is 2.02. The van der Waals surface area contributed by atoms with Crippen molar-refractivity contribution < 1.29 is 0 Å². The molecule has 0 bridgehead atoms. The number of nitrogens with zero attached hydrogens (tertiary/aromatic N) is 2. The molecule has 0 saturated carbocycles. The molecule has 2 nitrogen and oxygen atoms in total. The Morgan fingerprint density at radius 1 is 0.941 bits per heavy atom. The van der Waals surface area contributed by atoms with Crippen LogP contribution in [0.25, 0.3) is 0 Å². The van der Waals surface area contributed by atoms with Gasteiger partial charge in [0, 0.05) is 10.6 Å². The number of rotatable bonds is 3. The van der Waals surface area contributed by atoms with Crippen LogP contribution in [0.15, 0.2) is 35.2 Å². The van der Waals surface area contributed by atoms with Crippen molar-refractivity contribution in [3.05, 3.63) is 51.2 Å². The van der Waals surface area contributed by atoms with Crippen LogP contribution in [0.4, 0.5) is 0 Å². The molecule has 1 aromatic carbocycles. The fraction of sp³-hybridized carbons (Fsp3) is 0.0909. The summed E-state index contributed by atoms with van der Waals surface area (Å²) in [6.07, 6.45) is 0. The molecule has 0 aliphatic carbocycles. The Kier molecular flexibility index (Phi) is 4.51. The van der Waals surface area contributed by atoms with Gasteiger partial charge in [-0.15, -0.1) is 16.9 Å². The van der Waals surface area contributed by atoms with E-state index in [-0.39, 0.29) is 0 Å². The van der Waals surface area contributed by atoms with Crippen molar-refractivity contribution >= 4 is 46.6 Å². The Morgan fingerprint density at radius 3 is 2.41 bits per heavy atom. The molecule has 1 heterocycles. The number of benzene rings is 1. The van der Waals surface area contributed by atoms with Crippen LogP contribution in [0, 0.1) is 0 Å². The summed E-state index contributed by atoms with van der Waals surface area (Å²) in [5.74, 6) is 0.710. The monoisotopic (exact) mass is 304 g/mol. The normalized spacial score (nSPS) is 10.5. The summed E-state index contributed by atoms with van der Waals surface area (Å²) >= 11 is 19.0. The molecule has 0 aliphatic heterocycles. The van der Waals surface area contributed by atoms with Crippen molar-refractivity contribution in [2.45, 2.75) is 10.6 Å². The Labute approximate surface area is 118 Å². The summed E-state index contributed by atoms with van der Waals surface area (Å²) in [5.41, 5.74) is 0.866. The molecular formula is C11H7Cl3N2S. The molecule has 0 saturated heterocycles. The van der Waals surface area contributed by atoms with E-state index in [9.17, 15) is 0 Å². The summed E-state index contributed by atoms with van der Waals surface area (Å²) in [7, 11) is 0. The highest BCUT2D eigenvalue weighted by atomic mass is 35.5. The van der Waals surface area contributed by atoms with Gasteiger partial charge in [0.25, 0.3) is 0 Å². The molecule has 0 unspecified atom stereocenters. The molecule has 2 rings (SSSR count). The summed E-state index contributed by atoms with van der Waals surface area (Å²) in [5, 5.41) is 9.26. The van der Waals surface area contributed by atoms with Gasteiger partial charge in [0.05, 0.1) is 15.7 Å². The molecule has 1 aromatic heterocycles. The zero-order valence-electron chi connectivity index (χ0n) is 8.53. The first-order valence-corrected chi connectivity index (χ1v) is 6.83. The highest BCUT2D eigenvalue weighted by Gasteiger charge is 2.02. The molecule has 88 valence electrons. The standard InChI is InChI=1S/C11H7Cl3N2S/c12-9-3-2-8(5-10(9)13)17-6-7-1-4-11(14)16-15-7/h1-5H,6H2. The van der Waals surface area contributed by atoms with E-state index in [0.29, 0.717) is 21.0 Å². The van der Waals surface area contributed by atoms with Gasteiger partial charge in [-0.3, -0.25) is 0 Å². The fourth-order valence-electron chi connectivity index (χ4n) is 1.14. The summed E-state index contributed by atoms with van der Waals surface area (Å²) < 4.78 is 0. The van der Waals surface area contributed by atoms with Crippen LogP contribution in [-0.4, -0.2) is 10.2 Å². The second kappa shape index (κ2) is 5.91. The third kappa shape index (κ3) is 3.75. The van der Waals surface area contributed by atoms with Gasteiger partial charge in [-0.25, -0.2) is 0 Å². The van der Waals surface area contributed by atoms with Gasteiger partial charge in [0.2, 0.25) is 0 Å². The number of aromatic nitrogens is 2. The largest absolute Gasteiger partial charge is 0.153 e. The molecule has 0 aliphatic rings. The van der Waals surface area contributed by atoms with Crippen molar-refractivity contribution in [3.63, 3.8) is 0 Å². The molecule has 6 heteroatoms. The predicted octanol–water partition coefficient (Wildman–Crippen LogP) is 4.73. The van der Waals surface area contributed by atoms with E-state index >= 15 is 0 Å². The Bertz CT molecular complexity index is 517. The quantitative estimate of drug-likeness (QED) is 0.767. The highest BCUT2D eigenvalue weighted by molar-refractivity contribution is 7.98. The van der Waals surface area contributed by atoms with Crippen LogP contribution in [0.2, 0.25) is 15.2 Å². The van der Waals surface area contributed by atoms with Crippen LogP contribution in [-0.2, 0) is 5.75 Å². The first kappa shape index (κ1) is 13.0. The maximum absolute atomic E-state index is 5.93. The van der Waals surface area contributed by atoms with Crippen LogP contribution in [0.3, 0.4) is 0 Å². The SMILES string of the molecule is Clc1ccc(CSc2ccc(Cl)c(Cl)c2)nn1. The average Bonchev–Trinajstić information content (AvgIpc) is 2.33. The van der Waals surface area contributed by atoms with Gasteiger partial charge in [-0.1, -0.05) is 34.8 Å². The first-order valence-electron chi connectivity index (χ1n) is 4.71. The highest BCUT2D eigenvalue weighted by Crippen LogP contribution is 2.29. The van der Waals surface area contributed by atoms with Gasteiger partial charge >= 0.3 is 0 Å². The second-order valence-corrected chi connectivity index (χ2v) is 5.46. The maximum atomic E-state index is 5.93. The van der Waals surface area contributed by atoms with Crippen molar-refractivity contribution in [3.8, 4) is 0 Å². The zero-order chi connectivity index (χ0) is 12.3. The minimum Gasteiger partial charge on any atom is -0.153 e. The molecule has 2 aromatic rings. The van der Waals surface area contributed by atoms with E-state index < -0.39 is 0 Å². The Morgan fingerprint density at radius 2 is 1.76 bits per heavy atom. The lowest BCUT2D eigenvalue weighted by Gasteiger charge is -2.02. The van der Waals surface area contributed by atoms with Crippen LogP contribution in [0.1, 0.15) is 5.69 Å². The lowest BCUT2D eigenvalue weighted by atomic mass is 10.4. The fourth-order valence-corrected chi connectivity index (χ4v) is 2.44. The van der Waals surface area contributed by atoms with E-state index in [0.717, 1.165) is 10.6 Å². The van der Waals surface area contributed by atoms with E-state index in [2.05, 4.69) is 10.2 Å². The van der Waals surface area contributed by atoms with Gasteiger partial charge in [0.15, 0.2) is 5.15 Å². The van der Waals surface area contributed by atoms with E-state index in [1.807, 2.05) is 18.2 Å². The summed E-state index contributed by atoms with van der Waals surface area (Å²) in [6, 6.07) is 9.10. The van der Waals surface area contributed by atoms with Crippen molar-refractivity contribution in [1.29, 1.82) is 0 Å². The molecule has 0 spiro atoms. The second-order valence-electron chi connectivity index (χ2n) is 3.21. The molecule has 0 N–H and O–H groups in total. The van der Waals surface area contributed by atoms with Gasteiger partial charge < -0.3 is 0 Å². The zero-order valence-corrected chi connectivity index (χ0v) is 11.6. The Hall–Kier alpha value is -0.480. The number of thioether (sulfide) groups is 1. The topological polar surface area (TPSA) is 25.8 Å². The summed E-state index contributed by atoms with van der Waals surface area (Å²) in [4.78, 5) is 1.04. The minimum absolute atomic E-state index is 0.397. The van der Waals surface area contributed by atoms with Crippen LogP contribution in [0.5, 0.6) is 0 Å². The lowest BCUT2D eigenvalue weighted by molar-refractivity contribution is 0.972. The third-order valence-corrected chi connectivity index (χ3v) is 3.93. The van der Waals surface area contributed by atoms with E-state index in [1.165, 1.54) is 0 Å². The smallest absolute Gasteiger partial charge is 0.151 e. The number of hydrogen-bond acceptors (Lipinski definition) is 3.